The van der Waals surface area contributed by atoms with Crippen molar-refractivity contribution in [3.8, 4) is 0 Å². The van der Waals surface area contributed by atoms with E-state index in [-0.39, 0.29) is 6.10 Å². The van der Waals surface area contributed by atoms with Gasteiger partial charge in [-0.15, -0.1) is 0 Å². The molecule has 0 aliphatic heterocycles. The molecule has 2 aliphatic rings. The number of aliphatic hydroxyl groups is 1. The van der Waals surface area contributed by atoms with Gasteiger partial charge in [-0.05, 0) is 57.3 Å². The van der Waals surface area contributed by atoms with Gasteiger partial charge in [-0.25, -0.2) is 0 Å². The molecule has 13 heavy (non-hydrogen) atoms. The van der Waals surface area contributed by atoms with Crippen LogP contribution >= 0.6 is 0 Å². The van der Waals surface area contributed by atoms with Crippen LogP contribution in [0.4, 0.5) is 0 Å². The SMILES string of the molecule is CC(O)/C=C1/CCCC(C2CC2)C1. The van der Waals surface area contributed by atoms with Crippen molar-refractivity contribution in [1.82, 2.24) is 0 Å². The molecule has 0 aromatic carbocycles. The Labute approximate surface area is 80.8 Å². The van der Waals surface area contributed by atoms with E-state index in [9.17, 15) is 5.11 Å². The first-order chi connectivity index (χ1) is 6.25. The highest BCUT2D eigenvalue weighted by molar-refractivity contribution is 5.09. The van der Waals surface area contributed by atoms with E-state index in [1.807, 2.05) is 6.92 Å². The lowest BCUT2D eigenvalue weighted by molar-refractivity contribution is 0.240. The van der Waals surface area contributed by atoms with Gasteiger partial charge >= 0.3 is 0 Å². The molecule has 2 rings (SSSR count). The number of rotatable bonds is 2. The zero-order valence-electron chi connectivity index (χ0n) is 8.50. The Morgan fingerprint density at radius 1 is 1.31 bits per heavy atom. The summed E-state index contributed by atoms with van der Waals surface area (Å²) in [6, 6.07) is 0. The molecule has 1 nitrogen and oxygen atoms in total. The quantitative estimate of drug-likeness (QED) is 0.648. The summed E-state index contributed by atoms with van der Waals surface area (Å²) >= 11 is 0. The Kier molecular flexibility index (Phi) is 2.73. The molecule has 0 radical (unpaired) electrons. The maximum atomic E-state index is 9.27. The van der Waals surface area contributed by atoms with Crippen molar-refractivity contribution < 1.29 is 5.11 Å². The molecule has 0 saturated heterocycles. The van der Waals surface area contributed by atoms with Crippen LogP contribution in [0.15, 0.2) is 11.6 Å². The molecule has 0 amide bonds. The molecule has 0 spiro atoms. The number of hydrogen-bond donors (Lipinski definition) is 1. The summed E-state index contributed by atoms with van der Waals surface area (Å²) in [5.74, 6) is 2.00. The van der Waals surface area contributed by atoms with E-state index in [0.717, 1.165) is 11.8 Å². The van der Waals surface area contributed by atoms with Gasteiger partial charge in [-0.2, -0.15) is 0 Å². The molecule has 1 N–H and O–H groups in total. The maximum Gasteiger partial charge on any atom is 0.0695 e. The summed E-state index contributed by atoms with van der Waals surface area (Å²) in [5.41, 5.74) is 1.51. The predicted octanol–water partition coefficient (Wildman–Crippen LogP) is 2.89. The minimum absolute atomic E-state index is 0.243. The third-order valence-corrected chi connectivity index (χ3v) is 3.36. The molecule has 0 aromatic rings. The first-order valence-corrected chi connectivity index (χ1v) is 5.63. The predicted molar refractivity (Wildman–Crippen MR) is 54.4 cm³/mol. The molecule has 2 atom stereocenters. The topological polar surface area (TPSA) is 20.2 Å². The van der Waals surface area contributed by atoms with E-state index in [1.54, 1.807) is 0 Å². The van der Waals surface area contributed by atoms with Crippen molar-refractivity contribution in [3.05, 3.63) is 11.6 Å². The second kappa shape index (κ2) is 3.83. The molecule has 2 fully saturated rings. The van der Waals surface area contributed by atoms with Crippen LogP contribution in [0.5, 0.6) is 0 Å². The van der Waals surface area contributed by atoms with Gasteiger partial charge in [-0.3, -0.25) is 0 Å². The smallest absolute Gasteiger partial charge is 0.0695 e. The fourth-order valence-electron chi connectivity index (χ4n) is 2.59. The maximum absolute atomic E-state index is 9.27. The van der Waals surface area contributed by atoms with Crippen molar-refractivity contribution in [2.45, 2.75) is 51.6 Å². The molecule has 1 heteroatoms. The van der Waals surface area contributed by atoms with E-state index >= 15 is 0 Å². The van der Waals surface area contributed by atoms with Crippen LogP contribution in [0.1, 0.15) is 45.4 Å². The Balaban J connectivity index is 1.91. The molecule has 2 saturated carbocycles. The Morgan fingerprint density at radius 2 is 2.08 bits per heavy atom. The van der Waals surface area contributed by atoms with E-state index in [0.29, 0.717) is 0 Å². The van der Waals surface area contributed by atoms with E-state index in [2.05, 4.69) is 6.08 Å². The van der Waals surface area contributed by atoms with Crippen molar-refractivity contribution >= 4 is 0 Å². The fraction of sp³-hybridized carbons (Fsp3) is 0.833. The third kappa shape index (κ3) is 2.57. The first-order valence-electron chi connectivity index (χ1n) is 5.63. The van der Waals surface area contributed by atoms with Crippen LogP contribution in [0.3, 0.4) is 0 Å². The molecule has 0 heterocycles. The average molecular weight is 180 g/mol. The van der Waals surface area contributed by atoms with Gasteiger partial charge in [-0.1, -0.05) is 11.6 Å². The number of aliphatic hydroxyl groups excluding tert-OH is 1. The Bertz CT molecular complexity index is 201. The number of hydrogen-bond acceptors (Lipinski definition) is 1. The largest absolute Gasteiger partial charge is 0.389 e. The van der Waals surface area contributed by atoms with E-state index < -0.39 is 0 Å². The normalized spacial score (nSPS) is 34.9. The second-order valence-corrected chi connectivity index (χ2v) is 4.76. The van der Waals surface area contributed by atoms with Gasteiger partial charge < -0.3 is 5.11 Å². The lowest BCUT2D eigenvalue weighted by Gasteiger charge is -2.24. The second-order valence-electron chi connectivity index (χ2n) is 4.76. The van der Waals surface area contributed by atoms with Crippen LogP contribution in [-0.2, 0) is 0 Å². The summed E-state index contributed by atoms with van der Waals surface area (Å²) in [4.78, 5) is 0. The third-order valence-electron chi connectivity index (χ3n) is 3.36. The monoisotopic (exact) mass is 180 g/mol. The minimum Gasteiger partial charge on any atom is -0.389 e. The molecule has 0 bridgehead atoms. The van der Waals surface area contributed by atoms with Crippen molar-refractivity contribution in [3.63, 3.8) is 0 Å². The number of allylic oxidation sites excluding steroid dienone is 1. The van der Waals surface area contributed by atoms with Crippen LogP contribution in [-0.4, -0.2) is 11.2 Å². The van der Waals surface area contributed by atoms with Crippen LogP contribution in [0.25, 0.3) is 0 Å². The molecule has 2 unspecified atom stereocenters. The lowest BCUT2D eigenvalue weighted by atomic mass is 9.82. The highest BCUT2D eigenvalue weighted by Crippen LogP contribution is 2.45. The molecule has 2 aliphatic carbocycles. The van der Waals surface area contributed by atoms with Gasteiger partial charge in [0, 0.05) is 0 Å². The summed E-state index contributed by atoms with van der Waals surface area (Å²) in [6.07, 6.45) is 10.0. The lowest BCUT2D eigenvalue weighted by Crippen LogP contribution is -2.11. The highest BCUT2D eigenvalue weighted by atomic mass is 16.3. The average Bonchev–Trinajstić information content (AvgIpc) is 2.85. The summed E-state index contributed by atoms with van der Waals surface area (Å²) in [6.45, 7) is 1.85. The van der Waals surface area contributed by atoms with Crippen LogP contribution < -0.4 is 0 Å². The summed E-state index contributed by atoms with van der Waals surface area (Å²) < 4.78 is 0. The van der Waals surface area contributed by atoms with Gasteiger partial charge in [0.25, 0.3) is 0 Å². The first kappa shape index (κ1) is 9.26. The van der Waals surface area contributed by atoms with Gasteiger partial charge in [0.2, 0.25) is 0 Å². The van der Waals surface area contributed by atoms with Gasteiger partial charge in [0.15, 0.2) is 0 Å². The van der Waals surface area contributed by atoms with Gasteiger partial charge in [0.1, 0.15) is 0 Å². The molecule has 0 aromatic heterocycles. The zero-order valence-corrected chi connectivity index (χ0v) is 8.50. The van der Waals surface area contributed by atoms with Crippen molar-refractivity contribution in [2.75, 3.05) is 0 Å². The molecule has 74 valence electrons. The van der Waals surface area contributed by atoms with Crippen LogP contribution in [0, 0.1) is 11.8 Å². The highest BCUT2D eigenvalue weighted by Gasteiger charge is 2.32. The zero-order chi connectivity index (χ0) is 9.26. The van der Waals surface area contributed by atoms with E-state index in [1.165, 1.54) is 44.1 Å². The van der Waals surface area contributed by atoms with Crippen molar-refractivity contribution in [2.24, 2.45) is 11.8 Å². The Morgan fingerprint density at radius 3 is 2.69 bits per heavy atom. The Hall–Kier alpha value is -0.300. The molecular formula is C12H20O. The van der Waals surface area contributed by atoms with Crippen LogP contribution in [0.2, 0.25) is 0 Å². The summed E-state index contributed by atoms with van der Waals surface area (Å²) in [7, 11) is 0. The molecular weight excluding hydrogens is 160 g/mol. The van der Waals surface area contributed by atoms with Gasteiger partial charge in [0.05, 0.1) is 6.10 Å². The minimum atomic E-state index is -0.243. The van der Waals surface area contributed by atoms with Crippen molar-refractivity contribution in [1.29, 1.82) is 0 Å². The standard InChI is InChI=1S/C12H20O/c1-9(13)7-10-3-2-4-12(8-10)11-5-6-11/h7,9,11-13H,2-6,8H2,1H3/b10-7-. The summed E-state index contributed by atoms with van der Waals surface area (Å²) in [5, 5.41) is 9.27. The fourth-order valence-corrected chi connectivity index (χ4v) is 2.59. The van der Waals surface area contributed by atoms with E-state index in [4.69, 9.17) is 0 Å².